The van der Waals surface area contributed by atoms with Gasteiger partial charge in [-0.2, -0.15) is 9.57 Å². The van der Waals surface area contributed by atoms with Gasteiger partial charge in [-0.3, -0.25) is 10.1 Å². The number of rotatable bonds is 9. The van der Waals surface area contributed by atoms with Gasteiger partial charge in [-0.25, -0.2) is 18.0 Å². The van der Waals surface area contributed by atoms with E-state index in [1.165, 1.54) is 30.3 Å². The lowest BCUT2D eigenvalue weighted by atomic mass is 10.1. The van der Waals surface area contributed by atoms with Gasteiger partial charge in [-0.1, -0.05) is 30.3 Å². The Kier molecular flexibility index (Phi) is 8.91. The number of benzene rings is 3. The van der Waals surface area contributed by atoms with E-state index >= 15 is 0 Å². The molecule has 0 heterocycles. The van der Waals surface area contributed by atoms with E-state index in [2.05, 4.69) is 0 Å². The highest BCUT2D eigenvalue weighted by Gasteiger charge is 2.33. The Morgan fingerprint density at radius 3 is 2.42 bits per heavy atom. The van der Waals surface area contributed by atoms with E-state index in [9.17, 15) is 33.4 Å². The second-order valence-electron chi connectivity index (χ2n) is 7.52. The van der Waals surface area contributed by atoms with E-state index < -0.39 is 38.5 Å². The molecule has 11 nitrogen and oxygen atoms in total. The Bertz CT molecular complexity index is 1530. The molecular formula is C26H21N3O8S. The summed E-state index contributed by atoms with van der Waals surface area (Å²) in [4.78, 5) is 34.8. The zero-order valence-electron chi connectivity index (χ0n) is 20.0. The minimum atomic E-state index is -4.62. The lowest BCUT2D eigenvalue weighted by molar-refractivity contribution is -0.384. The fourth-order valence-electron chi connectivity index (χ4n) is 3.25. The van der Waals surface area contributed by atoms with Crippen molar-refractivity contribution < 1.29 is 32.4 Å². The zero-order valence-corrected chi connectivity index (χ0v) is 20.8. The predicted octanol–water partition coefficient (Wildman–Crippen LogP) is 4.57. The van der Waals surface area contributed by atoms with Crippen LogP contribution in [0.3, 0.4) is 0 Å². The number of nitro benzene ring substituents is 1. The van der Waals surface area contributed by atoms with Crippen molar-refractivity contribution >= 4 is 39.5 Å². The van der Waals surface area contributed by atoms with Gasteiger partial charge in [0.15, 0.2) is 0 Å². The van der Waals surface area contributed by atoms with Gasteiger partial charge in [-0.05, 0) is 48.9 Å². The molecule has 3 aromatic rings. The van der Waals surface area contributed by atoms with Gasteiger partial charge in [0.25, 0.3) is 15.7 Å². The van der Waals surface area contributed by atoms with Gasteiger partial charge in [0.1, 0.15) is 6.61 Å². The fourth-order valence-corrected chi connectivity index (χ4v) is 4.58. The molecule has 0 N–H and O–H groups in total. The Morgan fingerprint density at radius 1 is 1.05 bits per heavy atom. The summed E-state index contributed by atoms with van der Waals surface area (Å²) in [6.07, 6.45) is 1.25. The number of sulfonamides is 1. The summed E-state index contributed by atoms with van der Waals surface area (Å²) in [5.74, 6) is -0.608. The van der Waals surface area contributed by atoms with Crippen molar-refractivity contribution in [1.82, 2.24) is 0 Å². The first kappa shape index (κ1) is 27.6. The lowest BCUT2D eigenvalue weighted by Crippen LogP contribution is -2.37. The standard InChI is InChI=1S/C26H21N3O8S/c1-2-36-25(30)15-10-19-6-5-9-23(16-19)28(26(31)37-18-21-8-4-3-7-20(21)17-27)38(34,35)24-13-11-22(12-14-24)29(32)33/h3-16H,2,18H2,1H3/b15-10+. The lowest BCUT2D eigenvalue weighted by Gasteiger charge is -2.22. The van der Waals surface area contributed by atoms with Gasteiger partial charge in [-0.15, -0.1) is 0 Å². The number of ether oxygens (including phenoxy) is 2. The van der Waals surface area contributed by atoms with Crippen molar-refractivity contribution in [2.45, 2.75) is 18.4 Å². The monoisotopic (exact) mass is 535 g/mol. The molecule has 3 rings (SSSR count). The number of nitriles is 1. The number of non-ortho nitro benzene ring substituents is 1. The van der Waals surface area contributed by atoms with E-state index in [1.807, 2.05) is 6.07 Å². The summed E-state index contributed by atoms with van der Waals surface area (Å²) in [6, 6.07) is 18.0. The summed E-state index contributed by atoms with van der Waals surface area (Å²) in [5, 5.41) is 20.3. The van der Waals surface area contributed by atoms with Crippen LogP contribution in [0.15, 0.2) is 83.8 Å². The van der Waals surface area contributed by atoms with Crippen molar-refractivity contribution in [1.29, 1.82) is 5.26 Å². The van der Waals surface area contributed by atoms with E-state index in [-0.39, 0.29) is 23.5 Å². The van der Waals surface area contributed by atoms with Crippen molar-refractivity contribution in [3.8, 4) is 6.07 Å². The number of amides is 1. The van der Waals surface area contributed by atoms with Crippen LogP contribution in [-0.4, -0.2) is 32.0 Å². The average Bonchev–Trinajstić information content (AvgIpc) is 2.91. The first-order valence-electron chi connectivity index (χ1n) is 11.1. The molecule has 0 bridgehead atoms. The topological polar surface area (TPSA) is 157 Å². The average molecular weight is 536 g/mol. The molecule has 0 radical (unpaired) electrons. The summed E-state index contributed by atoms with van der Waals surface area (Å²) in [5.41, 5.74) is 0.533. The molecule has 0 spiro atoms. The zero-order chi connectivity index (χ0) is 27.7. The number of nitrogens with zero attached hydrogens (tertiary/aromatic N) is 3. The van der Waals surface area contributed by atoms with E-state index in [0.29, 0.717) is 15.4 Å². The molecule has 194 valence electrons. The number of anilines is 1. The largest absolute Gasteiger partial charge is 0.463 e. The van der Waals surface area contributed by atoms with E-state index in [4.69, 9.17) is 9.47 Å². The van der Waals surface area contributed by atoms with E-state index in [1.54, 1.807) is 31.2 Å². The first-order valence-corrected chi connectivity index (χ1v) is 12.5. The molecule has 0 fully saturated rings. The number of carbonyl (C=O) groups excluding carboxylic acids is 2. The summed E-state index contributed by atoms with van der Waals surface area (Å²) >= 11 is 0. The van der Waals surface area contributed by atoms with Crippen LogP contribution in [0.4, 0.5) is 16.2 Å². The number of esters is 1. The van der Waals surface area contributed by atoms with Gasteiger partial charge in [0.2, 0.25) is 0 Å². The quantitative estimate of drug-likeness (QED) is 0.166. The molecule has 0 saturated heterocycles. The van der Waals surface area contributed by atoms with Crippen LogP contribution in [0, 0.1) is 21.4 Å². The molecule has 1 amide bonds. The van der Waals surface area contributed by atoms with Crippen LogP contribution in [-0.2, 0) is 30.9 Å². The highest BCUT2D eigenvalue weighted by molar-refractivity contribution is 7.93. The molecule has 0 aliphatic heterocycles. The van der Waals surface area contributed by atoms with Crippen LogP contribution in [0.25, 0.3) is 6.08 Å². The Labute approximate surface area is 218 Å². The fraction of sp³-hybridized carbons (Fsp3) is 0.115. The molecule has 38 heavy (non-hydrogen) atoms. The van der Waals surface area contributed by atoms with Crippen molar-refractivity contribution in [3.05, 3.63) is 106 Å². The van der Waals surface area contributed by atoms with Crippen molar-refractivity contribution in [2.24, 2.45) is 0 Å². The second-order valence-corrected chi connectivity index (χ2v) is 9.31. The van der Waals surface area contributed by atoms with Crippen molar-refractivity contribution in [3.63, 3.8) is 0 Å². The molecular weight excluding hydrogens is 514 g/mol. The smallest absolute Gasteiger partial charge is 0.428 e. The molecule has 0 unspecified atom stereocenters. The SMILES string of the molecule is CCOC(=O)/C=C/c1cccc(N(C(=O)OCc2ccccc2C#N)S(=O)(=O)c2ccc([N+](=O)[O-])cc2)c1. The minimum absolute atomic E-state index is 0.118. The Hall–Kier alpha value is -5.02. The number of hydrogen-bond donors (Lipinski definition) is 0. The Balaban J connectivity index is 2.02. The maximum absolute atomic E-state index is 13.6. The second kappa shape index (κ2) is 12.3. The first-order chi connectivity index (χ1) is 18.2. The van der Waals surface area contributed by atoms with Gasteiger partial charge >= 0.3 is 12.1 Å². The summed E-state index contributed by atoms with van der Waals surface area (Å²) < 4.78 is 37.7. The van der Waals surface area contributed by atoms with Crippen molar-refractivity contribution in [2.75, 3.05) is 10.9 Å². The highest BCUT2D eigenvalue weighted by Crippen LogP contribution is 2.28. The maximum Gasteiger partial charge on any atom is 0.428 e. The summed E-state index contributed by atoms with van der Waals surface area (Å²) in [7, 11) is -4.62. The molecule has 0 saturated carbocycles. The number of hydrogen-bond acceptors (Lipinski definition) is 9. The van der Waals surface area contributed by atoms with Crippen LogP contribution >= 0.6 is 0 Å². The molecule has 0 aliphatic rings. The van der Waals surface area contributed by atoms with Crippen LogP contribution in [0.1, 0.15) is 23.6 Å². The minimum Gasteiger partial charge on any atom is -0.463 e. The summed E-state index contributed by atoms with van der Waals surface area (Å²) in [6.45, 7) is 1.43. The van der Waals surface area contributed by atoms with Crippen LogP contribution in [0.2, 0.25) is 0 Å². The van der Waals surface area contributed by atoms with Gasteiger partial charge in [0, 0.05) is 23.8 Å². The maximum atomic E-state index is 13.6. The number of carbonyl (C=O) groups is 2. The third-order valence-electron chi connectivity index (χ3n) is 5.04. The van der Waals surface area contributed by atoms with Crippen LogP contribution in [0.5, 0.6) is 0 Å². The Morgan fingerprint density at radius 2 is 1.76 bits per heavy atom. The van der Waals surface area contributed by atoms with Gasteiger partial charge < -0.3 is 9.47 Å². The van der Waals surface area contributed by atoms with E-state index in [0.717, 1.165) is 30.3 Å². The molecule has 0 atom stereocenters. The number of nitro groups is 1. The predicted molar refractivity (Wildman–Crippen MR) is 136 cm³/mol. The highest BCUT2D eigenvalue weighted by atomic mass is 32.2. The third kappa shape index (κ3) is 6.59. The molecule has 0 aliphatic carbocycles. The van der Waals surface area contributed by atoms with Gasteiger partial charge in [0.05, 0.1) is 33.7 Å². The third-order valence-corrected chi connectivity index (χ3v) is 6.75. The van der Waals surface area contributed by atoms with Crippen LogP contribution < -0.4 is 4.31 Å². The normalized spacial score (nSPS) is 10.9. The molecule has 3 aromatic carbocycles. The molecule has 0 aromatic heterocycles. The molecule has 12 heteroatoms.